The van der Waals surface area contributed by atoms with Gasteiger partial charge in [-0.25, -0.2) is 5.43 Å². The van der Waals surface area contributed by atoms with Gasteiger partial charge in [-0.15, -0.1) is 0 Å². The molecule has 18 nitrogen and oxygen atoms in total. The fourth-order valence-corrected chi connectivity index (χ4v) is 14.6. The van der Waals surface area contributed by atoms with Crippen molar-refractivity contribution in [2.45, 2.75) is 154 Å². The summed E-state index contributed by atoms with van der Waals surface area (Å²) in [5.74, 6) is -0.381. The summed E-state index contributed by atoms with van der Waals surface area (Å²) in [6, 6.07) is 7.86. The van der Waals surface area contributed by atoms with Gasteiger partial charge in [-0.3, -0.25) is 39.0 Å². The van der Waals surface area contributed by atoms with Crippen molar-refractivity contribution in [2.75, 3.05) is 109 Å². The molecule has 0 unspecified atom stereocenters. The van der Waals surface area contributed by atoms with Crippen molar-refractivity contribution in [3.8, 4) is 11.3 Å². The summed E-state index contributed by atoms with van der Waals surface area (Å²) in [6.07, 6.45) is 12.1. The molecule has 9 aliphatic rings. The van der Waals surface area contributed by atoms with Gasteiger partial charge in [-0.2, -0.15) is 0 Å². The van der Waals surface area contributed by atoms with Crippen LogP contribution in [0, 0.1) is 16.7 Å². The van der Waals surface area contributed by atoms with E-state index in [0.717, 1.165) is 149 Å². The standard InChI is InChI=1S/C59H85N11O7/c1-6-69-50-16-15-41-28-44(50)46(53(69)45-29-42(32-61-51(45)38(2)75-5)65-24-22-64(23-25-65)40-13-14-40)31-58(3,4)37-77-57(74)47-12-9-19-70(63-47)56(73)48(30-43-34-66(41)26-27-76-43)62-54(71)52(39-10-7-8-11-39)67-20-17-59(35-67)18-21-68(36-59)55(72)49-33-60-49/h15-16,28-29,32,38-40,43,47-49,52,60,63H,6-14,17-27,30-31,33-37H2,1-5H3,(H,62,71)/t38-,43-,47-,48-,49+,52-,59-/m0/s1. The molecule has 418 valence electrons. The minimum Gasteiger partial charge on any atom is -0.464 e. The average molecular weight is 1060 g/mol. The molecule has 1 spiro atoms. The highest BCUT2D eigenvalue weighted by molar-refractivity contribution is 5.95. The number of nitrogens with zero attached hydrogens (tertiary/aromatic N) is 8. The molecule has 9 heterocycles. The number of fused-ring (bicyclic) bond motifs is 6. The number of carbonyl (C=O) groups is 4. The van der Waals surface area contributed by atoms with Gasteiger partial charge in [0.05, 0.1) is 60.8 Å². The van der Waals surface area contributed by atoms with E-state index in [1.54, 1.807) is 12.1 Å². The summed E-state index contributed by atoms with van der Waals surface area (Å²) in [5, 5.41) is 9.27. The molecule has 77 heavy (non-hydrogen) atoms. The van der Waals surface area contributed by atoms with Crippen LogP contribution in [0.2, 0.25) is 0 Å². The number of hydrogen-bond donors (Lipinski definition) is 3. The normalized spacial score (nSPS) is 29.5. The van der Waals surface area contributed by atoms with E-state index < -0.39 is 17.5 Å². The number of anilines is 2. The third-order valence-corrected chi connectivity index (χ3v) is 19.2. The number of rotatable bonds is 11. The van der Waals surface area contributed by atoms with E-state index in [-0.39, 0.29) is 72.3 Å². The van der Waals surface area contributed by atoms with Crippen LogP contribution >= 0.6 is 0 Å². The quantitative estimate of drug-likeness (QED) is 0.175. The molecule has 2 aromatic heterocycles. The monoisotopic (exact) mass is 1060 g/mol. The smallest absolute Gasteiger partial charge is 0.324 e. The number of likely N-dealkylation sites (tertiary alicyclic amines) is 2. The molecule has 1 aromatic carbocycles. The Labute approximate surface area is 455 Å². The third-order valence-electron chi connectivity index (χ3n) is 19.2. The lowest BCUT2D eigenvalue weighted by atomic mass is 9.84. The van der Waals surface area contributed by atoms with Gasteiger partial charge < -0.3 is 44.1 Å². The van der Waals surface area contributed by atoms with Crippen LogP contribution in [0.5, 0.6) is 0 Å². The number of aryl methyl sites for hydroxylation is 1. The van der Waals surface area contributed by atoms with Crippen molar-refractivity contribution in [2.24, 2.45) is 16.7 Å². The van der Waals surface area contributed by atoms with Crippen molar-refractivity contribution in [3.05, 3.63) is 41.7 Å². The van der Waals surface area contributed by atoms with Gasteiger partial charge in [-0.1, -0.05) is 26.7 Å². The summed E-state index contributed by atoms with van der Waals surface area (Å²) >= 11 is 0. The lowest BCUT2D eigenvalue weighted by Crippen LogP contribution is -2.62. The molecule has 2 aliphatic carbocycles. The average Bonchev–Trinajstić information content (AvgIpc) is 4.48. The lowest BCUT2D eigenvalue weighted by Gasteiger charge is -2.39. The minimum atomic E-state index is -0.899. The van der Waals surface area contributed by atoms with Gasteiger partial charge in [-0.05, 0) is 114 Å². The first-order chi connectivity index (χ1) is 37.3. The number of carbonyl (C=O) groups excluding carboxylic acids is 4. The molecule has 3 N–H and O–H groups in total. The Hall–Kier alpha value is -4.85. The zero-order valence-electron chi connectivity index (χ0n) is 46.5. The first-order valence-corrected chi connectivity index (χ1v) is 29.6. The maximum atomic E-state index is 15.2. The Morgan fingerprint density at radius 2 is 1.71 bits per heavy atom. The van der Waals surface area contributed by atoms with Crippen LogP contribution in [0.25, 0.3) is 22.2 Å². The second-order valence-corrected chi connectivity index (χ2v) is 25.2. The van der Waals surface area contributed by atoms with E-state index in [0.29, 0.717) is 45.5 Å². The van der Waals surface area contributed by atoms with Crippen molar-refractivity contribution in [1.82, 2.24) is 45.3 Å². The van der Waals surface area contributed by atoms with Gasteiger partial charge in [0.25, 0.3) is 5.91 Å². The number of amides is 3. The summed E-state index contributed by atoms with van der Waals surface area (Å²) in [4.78, 5) is 74.9. The lowest BCUT2D eigenvalue weighted by molar-refractivity contribution is -0.156. The number of morpholine rings is 1. The summed E-state index contributed by atoms with van der Waals surface area (Å²) < 4.78 is 21.4. The molecule has 6 bridgehead atoms. The van der Waals surface area contributed by atoms with Crippen LogP contribution < -0.4 is 25.9 Å². The van der Waals surface area contributed by atoms with Crippen LogP contribution in [0.4, 0.5) is 11.4 Å². The number of esters is 1. The van der Waals surface area contributed by atoms with Crippen LogP contribution in [-0.4, -0.2) is 188 Å². The molecule has 8 fully saturated rings. The molecule has 0 radical (unpaired) electrons. The topological polar surface area (TPSA) is 179 Å². The number of benzene rings is 1. The number of piperazine rings is 1. The SMILES string of the molecule is CCn1c(-c2cc(N3CCN(C4CC4)CC3)cnc2[C@H](C)OC)c2c3cc(ccc31)N1CCO[C@@H](C[C@H](NC(=O)[C@H](C3CCCC3)N3CC[C@]4(CCN(C(=O)[C@H]5CN5)C4)C3)C(=O)N3CCC[C@H](N3)C(=O)OCC(C)(C)C2)C1. The maximum Gasteiger partial charge on any atom is 0.324 e. The number of hydrogen-bond acceptors (Lipinski definition) is 14. The Bertz CT molecular complexity index is 2690. The summed E-state index contributed by atoms with van der Waals surface area (Å²) in [5.41, 5.74) is 10.3. The number of hydrazine groups is 1. The maximum absolute atomic E-state index is 15.2. The highest BCUT2D eigenvalue weighted by atomic mass is 16.5. The van der Waals surface area contributed by atoms with E-state index in [1.807, 2.05) is 11.1 Å². The first kappa shape index (κ1) is 52.8. The van der Waals surface area contributed by atoms with Crippen molar-refractivity contribution < 1.29 is 33.4 Å². The van der Waals surface area contributed by atoms with Crippen LogP contribution in [0.15, 0.2) is 30.5 Å². The van der Waals surface area contributed by atoms with Gasteiger partial charge in [0.2, 0.25) is 11.8 Å². The molecule has 2 saturated carbocycles. The van der Waals surface area contributed by atoms with E-state index >= 15 is 9.59 Å². The van der Waals surface area contributed by atoms with E-state index in [9.17, 15) is 9.59 Å². The molecular formula is C59H85N11O7. The Morgan fingerprint density at radius 1 is 0.922 bits per heavy atom. The summed E-state index contributed by atoms with van der Waals surface area (Å²) in [6.45, 7) is 19.5. The predicted molar refractivity (Wildman–Crippen MR) is 295 cm³/mol. The Balaban J connectivity index is 0.872. The Morgan fingerprint density at radius 3 is 2.47 bits per heavy atom. The van der Waals surface area contributed by atoms with Gasteiger partial charge >= 0.3 is 5.97 Å². The molecule has 12 rings (SSSR count). The zero-order chi connectivity index (χ0) is 53.2. The number of ether oxygens (including phenoxy) is 3. The predicted octanol–water partition coefficient (Wildman–Crippen LogP) is 4.87. The van der Waals surface area contributed by atoms with Gasteiger partial charge in [0.15, 0.2) is 0 Å². The number of nitrogens with one attached hydrogen (secondary N) is 3. The van der Waals surface area contributed by atoms with E-state index in [4.69, 9.17) is 19.2 Å². The summed E-state index contributed by atoms with van der Waals surface area (Å²) in [7, 11) is 1.75. The molecule has 7 aliphatic heterocycles. The fraction of sp³-hybridized carbons (Fsp3) is 0.712. The molecule has 7 atom stereocenters. The fourth-order valence-electron chi connectivity index (χ4n) is 14.6. The number of aromatic nitrogens is 2. The van der Waals surface area contributed by atoms with Crippen molar-refractivity contribution in [1.29, 1.82) is 0 Å². The van der Waals surface area contributed by atoms with Crippen LogP contribution in [0.1, 0.15) is 116 Å². The molecule has 6 saturated heterocycles. The number of methoxy groups -OCH3 is 1. The second-order valence-electron chi connectivity index (χ2n) is 25.2. The number of pyridine rings is 1. The van der Waals surface area contributed by atoms with Gasteiger partial charge in [0.1, 0.15) is 12.1 Å². The highest BCUT2D eigenvalue weighted by Crippen LogP contribution is 2.45. The van der Waals surface area contributed by atoms with Crippen molar-refractivity contribution >= 4 is 46.0 Å². The third kappa shape index (κ3) is 10.8. The number of cyclic esters (lactones) is 1. The molecule has 3 aromatic rings. The molecular weight excluding hydrogens is 975 g/mol. The van der Waals surface area contributed by atoms with Gasteiger partial charge in [0, 0.05) is 131 Å². The molecule has 3 amide bonds. The van der Waals surface area contributed by atoms with Crippen molar-refractivity contribution in [3.63, 3.8) is 0 Å². The zero-order valence-corrected chi connectivity index (χ0v) is 46.5. The van der Waals surface area contributed by atoms with Crippen LogP contribution in [0.3, 0.4) is 0 Å². The second kappa shape index (κ2) is 21.7. The Kier molecular flexibility index (Phi) is 14.9. The minimum absolute atomic E-state index is 0.0312. The van der Waals surface area contributed by atoms with E-state index in [1.165, 1.54) is 18.4 Å². The first-order valence-electron chi connectivity index (χ1n) is 29.6. The molecule has 18 heteroatoms. The van der Waals surface area contributed by atoms with E-state index in [2.05, 4.69) is 92.2 Å². The van der Waals surface area contributed by atoms with Crippen LogP contribution in [-0.2, 0) is 46.4 Å². The highest BCUT2D eigenvalue weighted by Gasteiger charge is 2.51. The largest absolute Gasteiger partial charge is 0.464 e.